The van der Waals surface area contributed by atoms with Gasteiger partial charge in [-0.1, -0.05) is 388 Å². The summed E-state index contributed by atoms with van der Waals surface area (Å²) in [6, 6.07) is 0. The van der Waals surface area contributed by atoms with Gasteiger partial charge >= 0.3 is 39.5 Å². The molecule has 0 saturated heterocycles. The molecule has 0 amide bonds. The molecule has 17 nitrogen and oxygen atoms in total. The zero-order valence-electron chi connectivity index (χ0n) is 66.9. The lowest BCUT2D eigenvalue weighted by molar-refractivity contribution is -0.161. The zero-order chi connectivity index (χ0) is 74.9. The summed E-state index contributed by atoms with van der Waals surface area (Å²) < 4.78 is 68.8. The number of unbranched alkanes of at least 4 members (excludes halogenated alkanes) is 52. The summed E-state index contributed by atoms with van der Waals surface area (Å²) in [6.45, 7) is 9.63. The number of hydrogen-bond donors (Lipinski definition) is 3. The van der Waals surface area contributed by atoms with Gasteiger partial charge in [0.1, 0.15) is 19.3 Å². The summed E-state index contributed by atoms with van der Waals surface area (Å²) in [5.41, 5.74) is 0. The number of rotatable bonds is 82. The Morgan fingerprint density at radius 3 is 0.667 bits per heavy atom. The molecule has 3 N–H and O–H groups in total. The van der Waals surface area contributed by atoms with Crippen molar-refractivity contribution in [1.82, 2.24) is 0 Å². The Morgan fingerprint density at radius 1 is 0.265 bits per heavy atom. The van der Waals surface area contributed by atoms with Crippen molar-refractivity contribution in [1.29, 1.82) is 0 Å². The standard InChI is InChI=1S/C83H162O17P2/c1-7-9-11-13-15-17-19-21-23-25-26-27-28-30-32-37-41-49-55-61-67-82(87)99-78(71-93-80(85)65-59-53-47-40-36-31-29-24-22-20-18-16-14-12-10-8-2)73-97-101(89,90)95-69-77(84)70-96-102(91,92)98-74-79(72-94-81(86)66-60-54-48-44-43-46-52-58-64-76(5)6)100-83(88)68-62-56-50-42-38-34-33-35-39-45-51-57-63-75(3)4/h75-79,84H,7-74H2,1-6H3,(H,89,90)(H,91,92)/t77-,78-,79-/m1/s1. The second-order valence-corrected chi connectivity index (χ2v) is 33.7. The molecule has 0 bridgehead atoms. The molecule has 0 fully saturated rings. The maximum Gasteiger partial charge on any atom is 0.472 e. The van der Waals surface area contributed by atoms with Crippen LogP contribution in [-0.2, 0) is 65.4 Å². The number of carbonyl (C=O) groups is 4. The fraction of sp³-hybridized carbons (Fsp3) is 0.952. The fourth-order valence-electron chi connectivity index (χ4n) is 12.9. The van der Waals surface area contributed by atoms with E-state index >= 15 is 0 Å². The van der Waals surface area contributed by atoms with Crippen LogP contribution in [0.3, 0.4) is 0 Å². The Hall–Kier alpha value is -1.94. The summed E-state index contributed by atoms with van der Waals surface area (Å²) in [6.07, 6.45) is 65.3. The third-order valence-corrected chi connectivity index (χ3v) is 21.4. The first kappa shape index (κ1) is 100. The number of aliphatic hydroxyl groups is 1. The van der Waals surface area contributed by atoms with Crippen molar-refractivity contribution < 1.29 is 80.2 Å². The number of ether oxygens (including phenoxy) is 4. The van der Waals surface area contributed by atoms with Crippen molar-refractivity contribution in [3.8, 4) is 0 Å². The highest BCUT2D eigenvalue weighted by Gasteiger charge is 2.30. The smallest absolute Gasteiger partial charge is 0.462 e. The zero-order valence-corrected chi connectivity index (χ0v) is 68.7. The van der Waals surface area contributed by atoms with E-state index in [1.54, 1.807) is 0 Å². The van der Waals surface area contributed by atoms with E-state index in [0.29, 0.717) is 25.7 Å². The number of esters is 4. The van der Waals surface area contributed by atoms with Crippen LogP contribution in [0.15, 0.2) is 0 Å². The van der Waals surface area contributed by atoms with Crippen LogP contribution in [0.4, 0.5) is 0 Å². The van der Waals surface area contributed by atoms with Gasteiger partial charge in [-0.3, -0.25) is 37.3 Å². The van der Waals surface area contributed by atoms with Crippen molar-refractivity contribution in [2.75, 3.05) is 39.6 Å². The van der Waals surface area contributed by atoms with Gasteiger partial charge in [0.2, 0.25) is 0 Å². The van der Waals surface area contributed by atoms with E-state index in [1.807, 2.05) is 0 Å². The molecule has 0 saturated carbocycles. The number of phosphoric ester groups is 2. The van der Waals surface area contributed by atoms with Crippen LogP contribution in [0.1, 0.15) is 440 Å². The fourth-order valence-corrected chi connectivity index (χ4v) is 14.5. The van der Waals surface area contributed by atoms with E-state index < -0.39 is 97.5 Å². The lowest BCUT2D eigenvalue weighted by Gasteiger charge is -2.21. The topological polar surface area (TPSA) is 237 Å². The lowest BCUT2D eigenvalue weighted by Crippen LogP contribution is -2.30. The van der Waals surface area contributed by atoms with Gasteiger partial charge in [0, 0.05) is 25.7 Å². The number of phosphoric acid groups is 2. The third kappa shape index (κ3) is 76.3. The van der Waals surface area contributed by atoms with Crippen molar-refractivity contribution in [2.45, 2.75) is 458 Å². The van der Waals surface area contributed by atoms with E-state index in [0.717, 1.165) is 102 Å². The maximum atomic E-state index is 13.1. The first-order chi connectivity index (χ1) is 49.4. The monoisotopic (exact) mass is 1490 g/mol. The van der Waals surface area contributed by atoms with Gasteiger partial charge in [-0.25, -0.2) is 9.13 Å². The van der Waals surface area contributed by atoms with Gasteiger partial charge in [-0.15, -0.1) is 0 Å². The van der Waals surface area contributed by atoms with Crippen molar-refractivity contribution in [2.24, 2.45) is 11.8 Å². The highest BCUT2D eigenvalue weighted by atomic mass is 31.2. The molecule has 0 aromatic heterocycles. The maximum absolute atomic E-state index is 13.1. The molecular formula is C83H162O17P2. The molecule has 606 valence electrons. The molecule has 0 rings (SSSR count). The average Bonchev–Trinajstić information content (AvgIpc) is 0.910. The Bertz CT molecular complexity index is 1960. The normalized spacial score (nSPS) is 13.9. The van der Waals surface area contributed by atoms with Crippen LogP contribution in [-0.4, -0.2) is 96.7 Å². The average molecular weight is 1490 g/mol. The van der Waals surface area contributed by atoms with E-state index in [2.05, 4.69) is 41.5 Å². The lowest BCUT2D eigenvalue weighted by atomic mass is 10.0. The van der Waals surface area contributed by atoms with Crippen LogP contribution in [0.2, 0.25) is 0 Å². The molecule has 2 unspecified atom stereocenters. The molecule has 0 aromatic rings. The molecule has 0 aliphatic rings. The molecule has 0 aromatic carbocycles. The Kier molecular flexibility index (Phi) is 73.1. The second-order valence-electron chi connectivity index (χ2n) is 30.8. The van der Waals surface area contributed by atoms with Crippen molar-refractivity contribution >= 4 is 39.5 Å². The summed E-state index contributed by atoms with van der Waals surface area (Å²) in [4.78, 5) is 73.1. The van der Waals surface area contributed by atoms with E-state index in [-0.39, 0.29) is 25.7 Å². The Balaban J connectivity index is 5.24. The molecule has 0 heterocycles. The molecule has 19 heteroatoms. The van der Waals surface area contributed by atoms with E-state index in [4.69, 9.17) is 37.0 Å². The predicted molar refractivity (Wildman–Crippen MR) is 418 cm³/mol. The van der Waals surface area contributed by atoms with E-state index in [9.17, 15) is 43.2 Å². The molecule has 0 aliphatic heterocycles. The van der Waals surface area contributed by atoms with Gasteiger partial charge in [-0.05, 0) is 37.5 Å². The van der Waals surface area contributed by atoms with Crippen molar-refractivity contribution in [3.63, 3.8) is 0 Å². The van der Waals surface area contributed by atoms with Gasteiger partial charge in [0.05, 0.1) is 26.4 Å². The highest BCUT2D eigenvalue weighted by Crippen LogP contribution is 2.45. The second kappa shape index (κ2) is 74.5. The van der Waals surface area contributed by atoms with Crippen molar-refractivity contribution in [3.05, 3.63) is 0 Å². The number of hydrogen-bond acceptors (Lipinski definition) is 15. The minimum absolute atomic E-state index is 0.107. The largest absolute Gasteiger partial charge is 0.472 e. The molecule has 0 radical (unpaired) electrons. The predicted octanol–water partition coefficient (Wildman–Crippen LogP) is 25.1. The highest BCUT2D eigenvalue weighted by molar-refractivity contribution is 7.47. The van der Waals surface area contributed by atoms with Crippen LogP contribution in [0, 0.1) is 11.8 Å². The van der Waals surface area contributed by atoms with Gasteiger partial charge < -0.3 is 33.8 Å². The first-order valence-corrected chi connectivity index (χ1v) is 46.0. The number of aliphatic hydroxyl groups excluding tert-OH is 1. The van der Waals surface area contributed by atoms with Gasteiger partial charge in [0.15, 0.2) is 12.2 Å². The first-order valence-electron chi connectivity index (χ1n) is 43.0. The Labute approximate surface area is 626 Å². The quantitative estimate of drug-likeness (QED) is 0.0222. The van der Waals surface area contributed by atoms with E-state index in [1.165, 1.54) is 257 Å². The minimum Gasteiger partial charge on any atom is -0.462 e. The summed E-state index contributed by atoms with van der Waals surface area (Å²) in [7, 11) is -9.92. The minimum atomic E-state index is -4.96. The molecule has 0 aliphatic carbocycles. The van der Waals surface area contributed by atoms with Crippen LogP contribution in [0.25, 0.3) is 0 Å². The van der Waals surface area contributed by atoms with Gasteiger partial charge in [0.25, 0.3) is 0 Å². The third-order valence-electron chi connectivity index (χ3n) is 19.5. The van der Waals surface area contributed by atoms with Crippen LogP contribution in [0.5, 0.6) is 0 Å². The SMILES string of the molecule is CCCCCCCCCCCCCCCCCCCCCCC(=O)O[C@H](COC(=O)CCCCCCCCCCCCCCCCCC)COP(=O)(O)OC[C@@H](O)COP(=O)(O)OC[C@@H](COC(=O)CCCCCCCCCCC(C)C)OC(=O)CCCCCCCCCCCCCCC(C)C. The summed E-state index contributed by atoms with van der Waals surface area (Å²) >= 11 is 0. The molecule has 0 spiro atoms. The summed E-state index contributed by atoms with van der Waals surface area (Å²) in [5, 5.41) is 10.7. The van der Waals surface area contributed by atoms with Crippen LogP contribution >= 0.6 is 15.6 Å². The molecular weight excluding hydrogens is 1330 g/mol. The summed E-state index contributed by atoms with van der Waals surface area (Å²) in [5.74, 6) is -0.603. The molecule has 102 heavy (non-hydrogen) atoms. The van der Waals surface area contributed by atoms with Crippen LogP contribution < -0.4 is 0 Å². The molecule has 5 atom stereocenters. The van der Waals surface area contributed by atoms with Gasteiger partial charge in [-0.2, -0.15) is 0 Å². The number of carbonyl (C=O) groups excluding carboxylic acids is 4. The Morgan fingerprint density at radius 2 is 0.451 bits per heavy atom.